The van der Waals surface area contributed by atoms with Crippen LogP contribution in [0, 0.1) is 0 Å². The number of hydrogen-bond donors (Lipinski definition) is 1. The Hall–Kier alpha value is -1.82. The molecule has 1 aliphatic rings. The summed E-state index contributed by atoms with van der Waals surface area (Å²) in [5.74, 6) is -1.11. The van der Waals surface area contributed by atoms with E-state index in [1.54, 1.807) is 6.07 Å². The number of sulfone groups is 1. The fourth-order valence-electron chi connectivity index (χ4n) is 1.63. The predicted octanol–water partition coefficient (Wildman–Crippen LogP) is 0.908. The Morgan fingerprint density at radius 1 is 1.38 bits per heavy atom. The van der Waals surface area contributed by atoms with Crippen LogP contribution in [-0.4, -0.2) is 26.6 Å². The molecular weight excluding hydrogens is 232 g/mol. The van der Waals surface area contributed by atoms with E-state index in [1.165, 1.54) is 19.2 Å². The maximum atomic E-state index is 11.7. The van der Waals surface area contributed by atoms with Crippen molar-refractivity contribution < 1.29 is 23.1 Å². The molecular formula is C10H8O5S. The van der Waals surface area contributed by atoms with Crippen molar-refractivity contribution in [2.75, 3.05) is 7.11 Å². The van der Waals surface area contributed by atoms with Crippen LogP contribution in [0.4, 0.5) is 0 Å². The third-order valence-electron chi connectivity index (χ3n) is 2.28. The van der Waals surface area contributed by atoms with Crippen molar-refractivity contribution in [1.82, 2.24) is 0 Å². The first kappa shape index (κ1) is 10.7. The van der Waals surface area contributed by atoms with E-state index in [-0.39, 0.29) is 21.8 Å². The number of carboxylic acid groups (broad SMARTS) is 1. The standard InChI is InChI=1S/C10H8O5S/c1-15-8-4-2-3-6-7(10(11)12)5-16(13,14)9(6)8/h2-5H,1H3,(H,11,12). The highest BCUT2D eigenvalue weighted by atomic mass is 32.2. The van der Waals surface area contributed by atoms with Gasteiger partial charge in [0.15, 0.2) is 0 Å². The maximum Gasteiger partial charge on any atom is 0.337 e. The van der Waals surface area contributed by atoms with Gasteiger partial charge in [-0.25, -0.2) is 13.2 Å². The van der Waals surface area contributed by atoms with Crippen LogP contribution >= 0.6 is 0 Å². The number of carboxylic acids is 1. The van der Waals surface area contributed by atoms with Gasteiger partial charge < -0.3 is 9.84 Å². The number of aliphatic carboxylic acids is 1. The molecule has 2 rings (SSSR count). The molecule has 6 heteroatoms. The molecule has 0 bridgehead atoms. The third kappa shape index (κ3) is 1.38. The van der Waals surface area contributed by atoms with Crippen LogP contribution < -0.4 is 4.74 Å². The van der Waals surface area contributed by atoms with Crippen LogP contribution in [-0.2, 0) is 14.6 Å². The van der Waals surface area contributed by atoms with Crippen LogP contribution in [0.1, 0.15) is 5.56 Å². The van der Waals surface area contributed by atoms with Gasteiger partial charge in [0.1, 0.15) is 10.6 Å². The zero-order valence-electron chi connectivity index (χ0n) is 8.30. The second-order valence-electron chi connectivity index (χ2n) is 3.22. The summed E-state index contributed by atoms with van der Waals surface area (Å²) in [6.07, 6.45) is 0. The largest absolute Gasteiger partial charge is 0.495 e. The molecule has 0 aliphatic carbocycles. The second kappa shape index (κ2) is 3.34. The number of methoxy groups -OCH3 is 1. The average molecular weight is 240 g/mol. The van der Waals surface area contributed by atoms with E-state index >= 15 is 0 Å². The van der Waals surface area contributed by atoms with Crippen molar-refractivity contribution in [3.63, 3.8) is 0 Å². The number of benzene rings is 1. The lowest BCUT2D eigenvalue weighted by Gasteiger charge is -2.06. The summed E-state index contributed by atoms with van der Waals surface area (Å²) in [6.45, 7) is 0. The molecule has 0 aromatic heterocycles. The normalized spacial score (nSPS) is 16.4. The molecule has 16 heavy (non-hydrogen) atoms. The Kier molecular flexibility index (Phi) is 2.23. The van der Waals surface area contributed by atoms with E-state index in [0.717, 1.165) is 5.41 Å². The quantitative estimate of drug-likeness (QED) is 0.830. The van der Waals surface area contributed by atoms with E-state index in [0.29, 0.717) is 0 Å². The lowest BCUT2D eigenvalue weighted by atomic mass is 10.1. The molecule has 0 saturated carbocycles. The van der Waals surface area contributed by atoms with E-state index in [2.05, 4.69) is 0 Å². The van der Waals surface area contributed by atoms with Crippen molar-refractivity contribution in [2.24, 2.45) is 0 Å². The van der Waals surface area contributed by atoms with Crippen LogP contribution in [0.15, 0.2) is 28.5 Å². The van der Waals surface area contributed by atoms with Crippen molar-refractivity contribution in [3.8, 4) is 5.75 Å². The molecule has 1 aliphatic heterocycles. The number of rotatable bonds is 2. The first-order valence-corrected chi connectivity index (χ1v) is 5.89. The van der Waals surface area contributed by atoms with Crippen LogP contribution in [0.3, 0.4) is 0 Å². The summed E-state index contributed by atoms with van der Waals surface area (Å²) < 4.78 is 28.4. The summed E-state index contributed by atoms with van der Waals surface area (Å²) in [4.78, 5) is 10.8. The highest BCUT2D eigenvalue weighted by molar-refractivity contribution is 7.95. The van der Waals surface area contributed by atoms with Gasteiger partial charge in [-0.3, -0.25) is 0 Å². The molecule has 1 heterocycles. The SMILES string of the molecule is COc1cccc2c1S(=O)(=O)C=C2C(=O)O. The minimum Gasteiger partial charge on any atom is -0.495 e. The smallest absolute Gasteiger partial charge is 0.337 e. The lowest BCUT2D eigenvalue weighted by Crippen LogP contribution is -1.99. The van der Waals surface area contributed by atoms with Gasteiger partial charge in [-0.1, -0.05) is 12.1 Å². The van der Waals surface area contributed by atoms with Gasteiger partial charge >= 0.3 is 5.97 Å². The van der Waals surface area contributed by atoms with E-state index in [9.17, 15) is 13.2 Å². The molecule has 84 valence electrons. The van der Waals surface area contributed by atoms with Gasteiger partial charge in [-0.15, -0.1) is 0 Å². The fourth-order valence-corrected chi connectivity index (χ4v) is 3.20. The molecule has 0 atom stereocenters. The summed E-state index contributed by atoms with van der Waals surface area (Å²) in [6, 6.07) is 4.48. The fraction of sp³-hybridized carbons (Fsp3) is 0.100. The monoisotopic (exact) mass is 240 g/mol. The highest BCUT2D eigenvalue weighted by Crippen LogP contribution is 2.39. The van der Waals surface area contributed by atoms with E-state index in [4.69, 9.17) is 9.84 Å². The molecule has 0 spiro atoms. The molecule has 0 saturated heterocycles. The molecule has 0 radical (unpaired) electrons. The molecule has 1 aromatic carbocycles. The van der Waals surface area contributed by atoms with E-state index in [1.807, 2.05) is 0 Å². The zero-order chi connectivity index (χ0) is 11.9. The Bertz CT molecular complexity index is 598. The van der Waals surface area contributed by atoms with E-state index < -0.39 is 15.8 Å². The number of ether oxygens (including phenoxy) is 1. The minimum absolute atomic E-state index is 0.0742. The van der Waals surface area contributed by atoms with Gasteiger partial charge in [0.2, 0.25) is 9.84 Å². The molecule has 0 unspecified atom stereocenters. The van der Waals surface area contributed by atoms with Crippen molar-refractivity contribution in [2.45, 2.75) is 4.90 Å². The third-order valence-corrected chi connectivity index (χ3v) is 3.81. The summed E-state index contributed by atoms with van der Waals surface area (Å²) in [5.41, 5.74) is -0.0549. The topological polar surface area (TPSA) is 80.7 Å². The van der Waals surface area contributed by atoms with Gasteiger partial charge in [0.05, 0.1) is 18.1 Å². The molecule has 0 amide bonds. The number of carbonyl (C=O) groups is 1. The summed E-state index contributed by atoms with van der Waals surface area (Å²) in [7, 11) is -2.37. The Morgan fingerprint density at radius 3 is 2.62 bits per heavy atom. The Balaban J connectivity index is 2.81. The molecule has 1 aromatic rings. The first-order valence-electron chi connectivity index (χ1n) is 4.35. The van der Waals surface area contributed by atoms with Crippen molar-refractivity contribution in [1.29, 1.82) is 0 Å². The molecule has 5 nitrogen and oxygen atoms in total. The molecule has 0 fully saturated rings. The first-order chi connectivity index (χ1) is 7.47. The summed E-state index contributed by atoms with van der Waals surface area (Å²) in [5, 5.41) is 9.63. The number of hydrogen-bond acceptors (Lipinski definition) is 4. The maximum absolute atomic E-state index is 11.7. The van der Waals surface area contributed by atoms with Crippen molar-refractivity contribution >= 4 is 21.4 Å². The zero-order valence-corrected chi connectivity index (χ0v) is 9.11. The van der Waals surface area contributed by atoms with Crippen LogP contribution in [0.2, 0.25) is 0 Å². The second-order valence-corrected chi connectivity index (χ2v) is 4.95. The lowest BCUT2D eigenvalue weighted by molar-refractivity contribution is -0.130. The predicted molar refractivity (Wildman–Crippen MR) is 55.8 cm³/mol. The Labute approximate surface area is 91.9 Å². The summed E-state index contributed by atoms with van der Waals surface area (Å²) >= 11 is 0. The van der Waals surface area contributed by atoms with Crippen molar-refractivity contribution in [3.05, 3.63) is 29.2 Å². The highest BCUT2D eigenvalue weighted by Gasteiger charge is 2.33. The van der Waals surface area contributed by atoms with Gasteiger partial charge in [0, 0.05) is 5.56 Å². The van der Waals surface area contributed by atoms with Gasteiger partial charge in [0.25, 0.3) is 0 Å². The van der Waals surface area contributed by atoms with Crippen LogP contribution in [0.5, 0.6) is 5.75 Å². The Morgan fingerprint density at radius 2 is 2.06 bits per heavy atom. The van der Waals surface area contributed by atoms with Crippen LogP contribution in [0.25, 0.3) is 5.57 Å². The molecule has 1 N–H and O–H groups in total. The average Bonchev–Trinajstić information content (AvgIpc) is 2.51. The minimum atomic E-state index is -3.71. The van der Waals surface area contributed by atoms with Gasteiger partial charge in [-0.2, -0.15) is 0 Å². The number of fused-ring (bicyclic) bond motifs is 1. The van der Waals surface area contributed by atoms with Gasteiger partial charge in [-0.05, 0) is 6.07 Å².